The first-order valence-corrected chi connectivity index (χ1v) is 9.77. The fraction of sp³-hybridized carbons (Fsp3) is 0.273. The lowest BCUT2D eigenvalue weighted by atomic mass is 10.2. The molecule has 3 aromatic rings. The summed E-state index contributed by atoms with van der Waals surface area (Å²) in [4.78, 5) is 27.5. The number of ether oxygens (including phenoxy) is 1. The number of amides is 2. The van der Waals surface area contributed by atoms with Crippen LogP contribution < -0.4 is 15.4 Å². The van der Waals surface area contributed by atoms with Crippen LogP contribution in [0.15, 0.2) is 53.1 Å². The minimum Gasteiger partial charge on any atom is -0.484 e. The fourth-order valence-electron chi connectivity index (χ4n) is 2.69. The van der Waals surface area contributed by atoms with E-state index < -0.39 is 0 Å². The summed E-state index contributed by atoms with van der Waals surface area (Å²) in [5.41, 5.74) is 2.09. The Bertz CT molecular complexity index is 981. The number of aromatic nitrogens is 2. The van der Waals surface area contributed by atoms with Gasteiger partial charge in [0.25, 0.3) is 5.91 Å². The molecule has 0 aliphatic rings. The number of rotatable bonds is 9. The fourth-order valence-corrected chi connectivity index (χ4v) is 2.69. The Labute approximate surface area is 174 Å². The van der Waals surface area contributed by atoms with Gasteiger partial charge >= 0.3 is 0 Å². The smallest absolute Gasteiger partial charge is 0.262 e. The van der Waals surface area contributed by atoms with Crippen LogP contribution in [-0.2, 0) is 16.0 Å². The molecule has 156 valence electrons. The Morgan fingerprint density at radius 1 is 1.00 bits per heavy atom. The van der Waals surface area contributed by atoms with Gasteiger partial charge in [-0.25, -0.2) is 0 Å². The van der Waals surface area contributed by atoms with E-state index in [-0.39, 0.29) is 18.4 Å². The van der Waals surface area contributed by atoms with E-state index >= 15 is 0 Å². The molecule has 1 heterocycles. The highest BCUT2D eigenvalue weighted by molar-refractivity contribution is 5.93. The molecule has 0 unspecified atom stereocenters. The molecule has 2 amide bonds. The van der Waals surface area contributed by atoms with Gasteiger partial charge in [-0.2, -0.15) is 4.98 Å². The quantitative estimate of drug-likeness (QED) is 0.553. The molecule has 0 bridgehead atoms. The van der Waals surface area contributed by atoms with E-state index in [0.717, 1.165) is 24.8 Å². The zero-order valence-electron chi connectivity index (χ0n) is 17.0. The van der Waals surface area contributed by atoms with Crippen molar-refractivity contribution in [3.63, 3.8) is 0 Å². The first-order chi connectivity index (χ1) is 14.5. The lowest BCUT2D eigenvalue weighted by Gasteiger charge is -2.09. The summed E-state index contributed by atoms with van der Waals surface area (Å²) in [5, 5.41) is 9.41. The Hall–Kier alpha value is -3.68. The van der Waals surface area contributed by atoms with Crippen LogP contribution >= 0.6 is 0 Å². The molecule has 2 N–H and O–H groups in total. The van der Waals surface area contributed by atoms with Gasteiger partial charge in [-0.05, 0) is 55.0 Å². The van der Waals surface area contributed by atoms with Gasteiger partial charge in [0, 0.05) is 30.3 Å². The van der Waals surface area contributed by atoms with Crippen LogP contribution in [0.5, 0.6) is 5.75 Å². The number of nitrogens with one attached hydrogen (secondary N) is 2. The highest BCUT2D eigenvalue weighted by Crippen LogP contribution is 2.20. The average Bonchev–Trinajstić information content (AvgIpc) is 3.21. The highest BCUT2D eigenvalue weighted by atomic mass is 16.5. The highest BCUT2D eigenvalue weighted by Gasteiger charge is 2.09. The summed E-state index contributed by atoms with van der Waals surface area (Å²) in [6.07, 6.45) is 2.85. The lowest BCUT2D eigenvalue weighted by Crippen LogP contribution is -2.20. The van der Waals surface area contributed by atoms with E-state index in [1.807, 2.05) is 12.1 Å². The maximum absolute atomic E-state index is 12.1. The Kier molecular flexibility index (Phi) is 7.15. The standard InChI is InChI=1S/C22H24N4O4/c1-3-4-5-21-25-22(26-30-21)16-6-12-19(13-7-16)29-14-20(28)24-18-10-8-17(9-11-18)23-15(2)27/h6-13H,3-5,14H2,1-2H3,(H,23,27)(H,24,28). The SMILES string of the molecule is CCCCc1nc(-c2ccc(OCC(=O)Nc3ccc(NC(C)=O)cc3)cc2)no1. The summed E-state index contributed by atoms with van der Waals surface area (Å²) < 4.78 is 10.8. The van der Waals surface area contributed by atoms with Crippen LogP contribution in [-0.4, -0.2) is 28.6 Å². The monoisotopic (exact) mass is 408 g/mol. The Morgan fingerprint density at radius 2 is 1.67 bits per heavy atom. The van der Waals surface area contributed by atoms with Crippen molar-refractivity contribution in [1.82, 2.24) is 10.1 Å². The molecule has 0 fully saturated rings. The molecule has 30 heavy (non-hydrogen) atoms. The van der Waals surface area contributed by atoms with Crippen molar-refractivity contribution in [2.75, 3.05) is 17.2 Å². The molecule has 2 aromatic carbocycles. The van der Waals surface area contributed by atoms with Crippen molar-refractivity contribution in [3.05, 3.63) is 54.4 Å². The third-order valence-corrected chi connectivity index (χ3v) is 4.18. The summed E-state index contributed by atoms with van der Waals surface area (Å²) in [6.45, 7) is 3.42. The summed E-state index contributed by atoms with van der Waals surface area (Å²) >= 11 is 0. The van der Waals surface area contributed by atoms with Crippen molar-refractivity contribution in [2.45, 2.75) is 33.1 Å². The van der Waals surface area contributed by atoms with Crippen LogP contribution in [0.2, 0.25) is 0 Å². The molecule has 8 nitrogen and oxygen atoms in total. The van der Waals surface area contributed by atoms with Crippen molar-refractivity contribution in [1.29, 1.82) is 0 Å². The van der Waals surface area contributed by atoms with Crippen LogP contribution in [0, 0.1) is 0 Å². The second-order valence-electron chi connectivity index (χ2n) is 6.74. The van der Waals surface area contributed by atoms with Crippen molar-refractivity contribution in [3.8, 4) is 17.1 Å². The first-order valence-electron chi connectivity index (χ1n) is 9.77. The summed E-state index contributed by atoms with van der Waals surface area (Å²) in [5.74, 6) is 1.29. The summed E-state index contributed by atoms with van der Waals surface area (Å²) in [7, 11) is 0. The number of carbonyl (C=O) groups is 2. The van der Waals surface area contributed by atoms with Crippen LogP contribution in [0.1, 0.15) is 32.6 Å². The molecule has 8 heteroatoms. The van der Waals surface area contributed by atoms with Crippen LogP contribution in [0.25, 0.3) is 11.4 Å². The maximum atomic E-state index is 12.1. The molecule has 0 saturated heterocycles. The Balaban J connectivity index is 1.49. The van der Waals surface area contributed by atoms with E-state index in [4.69, 9.17) is 9.26 Å². The molecule has 1 aromatic heterocycles. The molecular weight excluding hydrogens is 384 g/mol. The number of carbonyl (C=O) groups excluding carboxylic acids is 2. The van der Waals surface area contributed by atoms with E-state index in [1.54, 1.807) is 36.4 Å². The maximum Gasteiger partial charge on any atom is 0.262 e. The van der Waals surface area contributed by atoms with Gasteiger partial charge in [-0.1, -0.05) is 18.5 Å². The predicted molar refractivity (Wildman–Crippen MR) is 113 cm³/mol. The van der Waals surface area contributed by atoms with E-state index in [2.05, 4.69) is 27.7 Å². The van der Waals surface area contributed by atoms with Gasteiger partial charge < -0.3 is 19.9 Å². The largest absolute Gasteiger partial charge is 0.484 e. The number of hydrogen-bond donors (Lipinski definition) is 2. The zero-order chi connectivity index (χ0) is 21.3. The number of benzene rings is 2. The number of anilines is 2. The van der Waals surface area contributed by atoms with Gasteiger partial charge in [0.2, 0.25) is 17.6 Å². The predicted octanol–water partition coefficient (Wildman–Crippen LogP) is 4.06. The summed E-state index contributed by atoms with van der Waals surface area (Å²) in [6, 6.07) is 14.0. The minimum absolute atomic E-state index is 0.129. The molecule has 0 atom stereocenters. The zero-order valence-corrected chi connectivity index (χ0v) is 17.0. The number of unbranched alkanes of at least 4 members (excludes halogenated alkanes) is 1. The molecular formula is C22H24N4O4. The van der Waals surface area contributed by atoms with Gasteiger partial charge in [0.1, 0.15) is 5.75 Å². The number of aryl methyl sites for hydroxylation is 1. The molecule has 3 rings (SSSR count). The van der Waals surface area contributed by atoms with Gasteiger partial charge in [0.05, 0.1) is 0 Å². The third-order valence-electron chi connectivity index (χ3n) is 4.18. The van der Waals surface area contributed by atoms with Crippen molar-refractivity contribution in [2.24, 2.45) is 0 Å². The molecule has 0 radical (unpaired) electrons. The minimum atomic E-state index is -0.287. The number of hydrogen-bond acceptors (Lipinski definition) is 6. The van der Waals surface area contributed by atoms with Crippen molar-refractivity contribution >= 4 is 23.2 Å². The second kappa shape index (κ2) is 10.2. The molecule has 0 aliphatic heterocycles. The molecule has 0 aliphatic carbocycles. The molecule has 0 spiro atoms. The average molecular weight is 408 g/mol. The van der Waals surface area contributed by atoms with Gasteiger partial charge in [0.15, 0.2) is 6.61 Å². The van der Waals surface area contributed by atoms with Crippen molar-refractivity contribution < 1.29 is 18.8 Å². The third kappa shape index (κ3) is 6.16. The first kappa shape index (κ1) is 21.0. The molecule has 0 saturated carbocycles. The van der Waals surface area contributed by atoms with Gasteiger partial charge in [-0.15, -0.1) is 0 Å². The Morgan fingerprint density at radius 3 is 2.30 bits per heavy atom. The van der Waals surface area contributed by atoms with E-state index in [9.17, 15) is 9.59 Å². The van der Waals surface area contributed by atoms with E-state index in [1.165, 1.54) is 6.92 Å². The van der Waals surface area contributed by atoms with Gasteiger partial charge in [-0.3, -0.25) is 9.59 Å². The lowest BCUT2D eigenvalue weighted by molar-refractivity contribution is -0.118. The topological polar surface area (TPSA) is 106 Å². The number of nitrogens with zero attached hydrogens (tertiary/aromatic N) is 2. The van der Waals surface area contributed by atoms with Crippen LogP contribution in [0.3, 0.4) is 0 Å². The second-order valence-corrected chi connectivity index (χ2v) is 6.74. The van der Waals surface area contributed by atoms with Crippen LogP contribution in [0.4, 0.5) is 11.4 Å². The van der Waals surface area contributed by atoms with E-state index in [0.29, 0.717) is 28.8 Å². The normalized spacial score (nSPS) is 10.5.